The van der Waals surface area contributed by atoms with Gasteiger partial charge in [-0.15, -0.1) is 12.6 Å². The topological polar surface area (TPSA) is 9.23 Å². The second-order valence-corrected chi connectivity index (χ2v) is 6.92. The third-order valence-electron chi connectivity index (χ3n) is 4.58. The van der Waals surface area contributed by atoms with Crippen molar-refractivity contribution in [3.8, 4) is 5.75 Å². The van der Waals surface area contributed by atoms with Crippen molar-refractivity contribution in [2.75, 3.05) is 7.11 Å². The molecule has 1 nitrogen and oxygen atoms in total. The second kappa shape index (κ2) is 5.78. The molecular formula is C17H26OS. The Hall–Kier alpha value is -0.630. The van der Waals surface area contributed by atoms with E-state index in [-0.39, 0.29) is 0 Å². The van der Waals surface area contributed by atoms with Crippen molar-refractivity contribution >= 4 is 12.6 Å². The van der Waals surface area contributed by atoms with Gasteiger partial charge in [0.2, 0.25) is 0 Å². The van der Waals surface area contributed by atoms with Crippen LogP contribution >= 0.6 is 12.6 Å². The SMILES string of the molecule is COc1cc2c(cc1S)CCC(C(C)C)C2C(C)C. The number of benzene rings is 1. The minimum absolute atomic E-state index is 0.645. The fourth-order valence-corrected chi connectivity index (χ4v) is 3.96. The van der Waals surface area contributed by atoms with Gasteiger partial charge in [0.1, 0.15) is 5.75 Å². The molecule has 0 spiro atoms. The number of hydrogen-bond acceptors (Lipinski definition) is 2. The summed E-state index contributed by atoms with van der Waals surface area (Å²) < 4.78 is 5.46. The maximum absolute atomic E-state index is 5.46. The Balaban J connectivity index is 2.50. The zero-order valence-corrected chi connectivity index (χ0v) is 13.6. The lowest BCUT2D eigenvalue weighted by atomic mass is 9.66. The molecule has 0 saturated heterocycles. The van der Waals surface area contributed by atoms with Crippen LogP contribution in [0.4, 0.5) is 0 Å². The van der Waals surface area contributed by atoms with Gasteiger partial charge in [-0.1, -0.05) is 27.7 Å². The van der Waals surface area contributed by atoms with E-state index >= 15 is 0 Å². The summed E-state index contributed by atoms with van der Waals surface area (Å²) in [6.45, 7) is 9.40. The predicted octanol–water partition coefficient (Wildman–Crippen LogP) is 4.94. The largest absolute Gasteiger partial charge is 0.496 e. The molecule has 0 aromatic heterocycles. The second-order valence-electron chi connectivity index (χ2n) is 6.44. The molecule has 0 heterocycles. The van der Waals surface area contributed by atoms with Gasteiger partial charge in [0.15, 0.2) is 0 Å². The molecule has 2 atom stereocenters. The molecule has 19 heavy (non-hydrogen) atoms. The average molecular weight is 278 g/mol. The molecule has 1 aromatic carbocycles. The first-order valence-corrected chi connectivity index (χ1v) is 7.80. The van der Waals surface area contributed by atoms with Crippen molar-refractivity contribution < 1.29 is 4.74 Å². The van der Waals surface area contributed by atoms with Crippen molar-refractivity contribution in [2.24, 2.45) is 17.8 Å². The van der Waals surface area contributed by atoms with Crippen LogP contribution in [0.3, 0.4) is 0 Å². The number of hydrogen-bond donors (Lipinski definition) is 1. The minimum Gasteiger partial charge on any atom is -0.496 e. The van der Waals surface area contributed by atoms with E-state index in [1.54, 1.807) is 7.11 Å². The van der Waals surface area contributed by atoms with Gasteiger partial charge in [-0.2, -0.15) is 0 Å². The molecule has 0 fully saturated rings. The summed E-state index contributed by atoms with van der Waals surface area (Å²) in [4.78, 5) is 0.965. The van der Waals surface area contributed by atoms with Crippen LogP contribution in [-0.2, 0) is 6.42 Å². The summed E-state index contributed by atoms with van der Waals surface area (Å²) in [6, 6.07) is 4.44. The van der Waals surface area contributed by atoms with E-state index in [1.165, 1.54) is 24.0 Å². The lowest BCUT2D eigenvalue weighted by Crippen LogP contribution is -2.28. The monoisotopic (exact) mass is 278 g/mol. The van der Waals surface area contributed by atoms with E-state index in [0.29, 0.717) is 11.8 Å². The highest BCUT2D eigenvalue weighted by atomic mass is 32.1. The zero-order valence-electron chi connectivity index (χ0n) is 12.7. The highest BCUT2D eigenvalue weighted by Crippen LogP contribution is 2.46. The van der Waals surface area contributed by atoms with Crippen LogP contribution in [0.15, 0.2) is 17.0 Å². The van der Waals surface area contributed by atoms with Crippen molar-refractivity contribution in [3.05, 3.63) is 23.3 Å². The number of fused-ring (bicyclic) bond motifs is 1. The lowest BCUT2D eigenvalue weighted by molar-refractivity contribution is 0.235. The summed E-state index contributed by atoms with van der Waals surface area (Å²) in [5.41, 5.74) is 2.97. The minimum atomic E-state index is 0.645. The van der Waals surface area contributed by atoms with Gasteiger partial charge in [0.25, 0.3) is 0 Å². The Bertz CT molecular complexity index is 451. The molecule has 2 rings (SSSR count). The summed E-state index contributed by atoms with van der Waals surface area (Å²) in [7, 11) is 1.73. The fraction of sp³-hybridized carbons (Fsp3) is 0.647. The summed E-state index contributed by atoms with van der Waals surface area (Å²) >= 11 is 4.53. The van der Waals surface area contributed by atoms with Crippen LogP contribution in [0.2, 0.25) is 0 Å². The highest BCUT2D eigenvalue weighted by molar-refractivity contribution is 7.80. The van der Waals surface area contributed by atoms with Crippen LogP contribution in [0.1, 0.15) is 51.2 Å². The number of thiol groups is 1. The summed E-state index contributed by atoms with van der Waals surface area (Å²) in [6.07, 6.45) is 2.48. The Morgan fingerprint density at radius 1 is 1.16 bits per heavy atom. The first-order chi connectivity index (χ1) is 8.95. The molecule has 0 saturated carbocycles. The number of methoxy groups -OCH3 is 1. The molecule has 1 aliphatic rings. The number of aryl methyl sites for hydroxylation is 1. The average Bonchev–Trinajstić information content (AvgIpc) is 2.35. The Labute approximate surface area is 123 Å². The van der Waals surface area contributed by atoms with Crippen LogP contribution in [0.25, 0.3) is 0 Å². The predicted molar refractivity (Wildman–Crippen MR) is 84.5 cm³/mol. The van der Waals surface area contributed by atoms with Crippen molar-refractivity contribution in [2.45, 2.75) is 51.3 Å². The van der Waals surface area contributed by atoms with Crippen molar-refractivity contribution in [3.63, 3.8) is 0 Å². The standard InChI is InChI=1S/C17H26OS/c1-10(2)13-7-6-12-8-16(19)15(18-5)9-14(12)17(13)11(3)4/h8-11,13,17,19H,6-7H2,1-5H3. The van der Waals surface area contributed by atoms with Crippen LogP contribution in [0, 0.1) is 17.8 Å². The first kappa shape index (κ1) is 14.8. The van der Waals surface area contributed by atoms with Crippen molar-refractivity contribution in [1.82, 2.24) is 0 Å². The molecule has 0 bridgehead atoms. The fourth-order valence-electron chi connectivity index (χ4n) is 3.65. The van der Waals surface area contributed by atoms with E-state index in [9.17, 15) is 0 Å². The maximum Gasteiger partial charge on any atom is 0.132 e. The zero-order chi connectivity index (χ0) is 14.2. The van der Waals surface area contributed by atoms with E-state index < -0.39 is 0 Å². The third-order valence-corrected chi connectivity index (χ3v) is 4.93. The van der Waals surface area contributed by atoms with Gasteiger partial charge in [-0.25, -0.2) is 0 Å². The van der Waals surface area contributed by atoms with Crippen LogP contribution in [-0.4, -0.2) is 7.11 Å². The normalized spacial score (nSPS) is 22.7. The van der Waals surface area contributed by atoms with Gasteiger partial charge in [0, 0.05) is 4.90 Å². The Morgan fingerprint density at radius 2 is 1.84 bits per heavy atom. The van der Waals surface area contributed by atoms with Gasteiger partial charge < -0.3 is 4.74 Å². The van der Waals surface area contributed by atoms with E-state index in [2.05, 4.69) is 52.5 Å². The summed E-state index contributed by atoms with van der Waals surface area (Å²) in [5.74, 6) is 3.75. The molecule has 0 radical (unpaired) electrons. The van der Waals surface area contributed by atoms with Gasteiger partial charge in [-0.3, -0.25) is 0 Å². The van der Waals surface area contributed by atoms with Gasteiger partial charge in [-0.05, 0) is 59.8 Å². The van der Waals surface area contributed by atoms with Crippen molar-refractivity contribution in [1.29, 1.82) is 0 Å². The van der Waals surface area contributed by atoms with Crippen LogP contribution < -0.4 is 4.74 Å². The molecule has 1 aliphatic carbocycles. The molecular weight excluding hydrogens is 252 g/mol. The smallest absolute Gasteiger partial charge is 0.132 e. The molecule has 1 aromatic rings. The highest BCUT2D eigenvalue weighted by Gasteiger charge is 2.34. The summed E-state index contributed by atoms with van der Waals surface area (Å²) in [5, 5.41) is 0. The number of rotatable bonds is 3. The van der Waals surface area contributed by atoms with E-state index in [1.807, 2.05) is 0 Å². The molecule has 106 valence electrons. The van der Waals surface area contributed by atoms with Gasteiger partial charge in [0.05, 0.1) is 7.11 Å². The molecule has 0 aliphatic heterocycles. The number of ether oxygens (including phenoxy) is 1. The Morgan fingerprint density at radius 3 is 2.37 bits per heavy atom. The maximum atomic E-state index is 5.46. The third kappa shape index (κ3) is 2.79. The van der Waals surface area contributed by atoms with E-state index in [0.717, 1.165) is 22.5 Å². The molecule has 2 unspecified atom stereocenters. The molecule has 0 N–H and O–H groups in total. The molecule has 2 heteroatoms. The first-order valence-electron chi connectivity index (χ1n) is 7.35. The molecule has 0 amide bonds. The van der Waals surface area contributed by atoms with E-state index in [4.69, 9.17) is 4.74 Å². The van der Waals surface area contributed by atoms with Gasteiger partial charge >= 0.3 is 0 Å². The lowest BCUT2D eigenvalue weighted by Gasteiger charge is -2.39. The Kier molecular flexibility index (Phi) is 4.50. The van der Waals surface area contributed by atoms with Crippen LogP contribution in [0.5, 0.6) is 5.75 Å². The quantitative estimate of drug-likeness (QED) is 0.770.